The number of amides is 1. The van der Waals surface area contributed by atoms with Gasteiger partial charge in [0.25, 0.3) is 0 Å². The van der Waals surface area contributed by atoms with Crippen molar-refractivity contribution in [3.63, 3.8) is 0 Å². The predicted molar refractivity (Wildman–Crippen MR) is 65.6 cm³/mol. The van der Waals surface area contributed by atoms with Crippen LogP contribution >= 0.6 is 0 Å². The van der Waals surface area contributed by atoms with Gasteiger partial charge >= 0.3 is 6.09 Å². The lowest BCUT2D eigenvalue weighted by atomic mass is 9.93. The van der Waals surface area contributed by atoms with Gasteiger partial charge in [0.15, 0.2) is 0 Å². The van der Waals surface area contributed by atoms with E-state index in [1.807, 2.05) is 20.8 Å². The molecule has 1 fully saturated rings. The summed E-state index contributed by atoms with van der Waals surface area (Å²) in [5.41, 5.74) is 4.97. The molecule has 17 heavy (non-hydrogen) atoms. The van der Waals surface area contributed by atoms with Crippen molar-refractivity contribution < 1.29 is 14.6 Å². The fourth-order valence-electron chi connectivity index (χ4n) is 2.01. The van der Waals surface area contributed by atoms with E-state index in [-0.39, 0.29) is 18.6 Å². The van der Waals surface area contributed by atoms with Gasteiger partial charge in [0, 0.05) is 25.6 Å². The van der Waals surface area contributed by atoms with Crippen LogP contribution in [-0.2, 0) is 4.74 Å². The number of aliphatic hydroxyl groups excluding tert-OH is 1. The number of ether oxygens (including phenoxy) is 1. The van der Waals surface area contributed by atoms with Crippen molar-refractivity contribution >= 4 is 6.09 Å². The van der Waals surface area contributed by atoms with Gasteiger partial charge in [-0.3, -0.25) is 0 Å². The average molecular weight is 244 g/mol. The summed E-state index contributed by atoms with van der Waals surface area (Å²) in [6, 6.07) is 0. The molecular formula is C12H24N2O3. The average Bonchev–Trinajstić information content (AvgIpc) is 2.26. The van der Waals surface area contributed by atoms with Crippen LogP contribution in [0.4, 0.5) is 4.79 Å². The molecule has 1 aliphatic rings. The fourth-order valence-corrected chi connectivity index (χ4v) is 2.01. The Labute approximate surface area is 103 Å². The zero-order valence-electron chi connectivity index (χ0n) is 11.0. The summed E-state index contributed by atoms with van der Waals surface area (Å²) in [4.78, 5) is 13.5. The second-order valence-corrected chi connectivity index (χ2v) is 5.63. The molecule has 0 aromatic carbocycles. The van der Waals surface area contributed by atoms with Crippen LogP contribution in [0.5, 0.6) is 0 Å². The summed E-state index contributed by atoms with van der Waals surface area (Å²) in [6.07, 6.45) is 0.977. The first-order chi connectivity index (χ1) is 7.83. The first-order valence-corrected chi connectivity index (χ1v) is 6.19. The predicted octanol–water partition coefficient (Wildman–Crippen LogP) is 0.953. The van der Waals surface area contributed by atoms with Gasteiger partial charge in [-0.25, -0.2) is 4.79 Å². The minimum atomic E-state index is -0.528. The molecule has 100 valence electrons. The molecule has 5 heteroatoms. The van der Waals surface area contributed by atoms with E-state index in [1.54, 1.807) is 4.90 Å². The molecule has 0 aromatic rings. The lowest BCUT2D eigenvalue weighted by molar-refractivity contribution is 0.00414. The van der Waals surface area contributed by atoms with Crippen molar-refractivity contribution in [1.29, 1.82) is 0 Å². The standard InChI is InChI=1S/C12H24N2O3/c1-12(2,3)17-11(16)14-6-4-5-9(8-14)10(15)7-13/h9-10,15H,4-8,13H2,1-3H3/t9?,10-/m0/s1. The largest absolute Gasteiger partial charge is 0.444 e. The molecule has 0 spiro atoms. The Hall–Kier alpha value is -0.810. The quantitative estimate of drug-likeness (QED) is 0.758. The van der Waals surface area contributed by atoms with Crippen molar-refractivity contribution in [3.05, 3.63) is 0 Å². The molecule has 1 amide bonds. The van der Waals surface area contributed by atoms with E-state index in [0.29, 0.717) is 13.1 Å². The van der Waals surface area contributed by atoms with E-state index >= 15 is 0 Å². The Morgan fingerprint density at radius 2 is 2.24 bits per heavy atom. The molecule has 5 nitrogen and oxygen atoms in total. The third-order valence-corrected chi connectivity index (χ3v) is 2.90. The molecular weight excluding hydrogens is 220 g/mol. The SMILES string of the molecule is CC(C)(C)OC(=O)N1CCCC([C@@H](O)CN)C1. The Bertz CT molecular complexity index is 263. The number of aliphatic hydroxyl groups is 1. The van der Waals surface area contributed by atoms with Crippen LogP contribution in [0.3, 0.4) is 0 Å². The third-order valence-electron chi connectivity index (χ3n) is 2.90. The summed E-state index contributed by atoms with van der Waals surface area (Å²) in [7, 11) is 0. The highest BCUT2D eigenvalue weighted by molar-refractivity contribution is 5.68. The van der Waals surface area contributed by atoms with Gasteiger partial charge in [-0.15, -0.1) is 0 Å². The van der Waals surface area contributed by atoms with Gasteiger partial charge in [0.05, 0.1) is 6.10 Å². The number of carbonyl (C=O) groups excluding carboxylic acids is 1. The summed E-state index contributed by atoms with van der Waals surface area (Å²) >= 11 is 0. The number of nitrogens with zero attached hydrogens (tertiary/aromatic N) is 1. The molecule has 0 aromatic heterocycles. The van der Waals surface area contributed by atoms with Crippen molar-refractivity contribution in [2.45, 2.75) is 45.3 Å². The molecule has 0 aliphatic carbocycles. The summed E-state index contributed by atoms with van der Waals surface area (Å²) < 4.78 is 5.31. The van der Waals surface area contributed by atoms with Gasteiger partial charge in [-0.05, 0) is 33.6 Å². The molecule has 3 N–H and O–H groups in total. The van der Waals surface area contributed by atoms with E-state index < -0.39 is 11.7 Å². The van der Waals surface area contributed by atoms with E-state index in [2.05, 4.69) is 0 Å². The number of likely N-dealkylation sites (tertiary alicyclic amines) is 1. The van der Waals surface area contributed by atoms with Crippen molar-refractivity contribution in [2.75, 3.05) is 19.6 Å². The van der Waals surface area contributed by atoms with Gasteiger partial charge in [0.2, 0.25) is 0 Å². The van der Waals surface area contributed by atoms with Crippen molar-refractivity contribution in [2.24, 2.45) is 11.7 Å². The van der Waals surface area contributed by atoms with Crippen molar-refractivity contribution in [1.82, 2.24) is 4.90 Å². The number of nitrogens with two attached hydrogens (primary N) is 1. The molecule has 1 rings (SSSR count). The maximum Gasteiger partial charge on any atom is 0.410 e. The molecule has 1 unspecified atom stereocenters. The van der Waals surface area contributed by atoms with Crippen LogP contribution in [0.2, 0.25) is 0 Å². The molecule has 0 bridgehead atoms. The summed E-state index contributed by atoms with van der Waals surface area (Å²) in [6.45, 7) is 7.02. The third kappa shape index (κ3) is 4.52. The molecule has 1 aliphatic heterocycles. The lowest BCUT2D eigenvalue weighted by Gasteiger charge is -2.35. The number of carbonyl (C=O) groups is 1. The van der Waals surface area contributed by atoms with Crippen LogP contribution in [0.25, 0.3) is 0 Å². The fraction of sp³-hybridized carbons (Fsp3) is 0.917. The highest BCUT2D eigenvalue weighted by atomic mass is 16.6. The summed E-state index contributed by atoms with van der Waals surface area (Å²) in [5, 5.41) is 9.71. The molecule has 1 saturated heterocycles. The van der Waals surface area contributed by atoms with Crippen LogP contribution in [0.15, 0.2) is 0 Å². The monoisotopic (exact) mass is 244 g/mol. The van der Waals surface area contributed by atoms with Crippen LogP contribution in [0, 0.1) is 5.92 Å². The minimum absolute atomic E-state index is 0.0706. The Morgan fingerprint density at radius 3 is 2.76 bits per heavy atom. The van der Waals surface area contributed by atoms with Crippen molar-refractivity contribution in [3.8, 4) is 0 Å². The first-order valence-electron chi connectivity index (χ1n) is 6.19. The van der Waals surface area contributed by atoms with Gasteiger partial charge in [-0.1, -0.05) is 0 Å². The second-order valence-electron chi connectivity index (χ2n) is 5.63. The van der Waals surface area contributed by atoms with Crippen LogP contribution < -0.4 is 5.73 Å². The number of piperidine rings is 1. The van der Waals surface area contributed by atoms with Gasteiger partial charge < -0.3 is 20.5 Å². The lowest BCUT2D eigenvalue weighted by Crippen LogP contribution is -2.46. The maximum absolute atomic E-state index is 11.9. The second kappa shape index (κ2) is 5.69. The minimum Gasteiger partial charge on any atom is -0.444 e. The maximum atomic E-state index is 11.9. The highest BCUT2D eigenvalue weighted by Crippen LogP contribution is 2.21. The molecule has 0 radical (unpaired) electrons. The highest BCUT2D eigenvalue weighted by Gasteiger charge is 2.30. The Balaban J connectivity index is 2.52. The Morgan fingerprint density at radius 1 is 1.59 bits per heavy atom. The van der Waals surface area contributed by atoms with E-state index in [1.165, 1.54) is 0 Å². The number of hydrogen-bond acceptors (Lipinski definition) is 4. The molecule has 0 saturated carbocycles. The topological polar surface area (TPSA) is 75.8 Å². The molecule has 1 heterocycles. The molecule has 2 atom stereocenters. The smallest absolute Gasteiger partial charge is 0.410 e. The first kappa shape index (κ1) is 14.3. The summed E-state index contributed by atoms with van der Waals surface area (Å²) in [5.74, 6) is 0.0706. The number of rotatable bonds is 2. The zero-order chi connectivity index (χ0) is 13.1. The normalized spacial score (nSPS) is 23.4. The van der Waals surface area contributed by atoms with Gasteiger partial charge in [0.1, 0.15) is 5.60 Å². The Kier molecular flexibility index (Phi) is 4.77. The zero-order valence-corrected chi connectivity index (χ0v) is 11.0. The van der Waals surface area contributed by atoms with Crippen LogP contribution in [0.1, 0.15) is 33.6 Å². The van der Waals surface area contributed by atoms with Gasteiger partial charge in [-0.2, -0.15) is 0 Å². The van der Waals surface area contributed by atoms with Crippen LogP contribution in [-0.4, -0.2) is 47.4 Å². The van der Waals surface area contributed by atoms with E-state index in [9.17, 15) is 9.90 Å². The number of hydrogen-bond donors (Lipinski definition) is 2. The van der Waals surface area contributed by atoms with E-state index in [4.69, 9.17) is 10.5 Å². The van der Waals surface area contributed by atoms with E-state index in [0.717, 1.165) is 12.8 Å².